The third-order valence-corrected chi connectivity index (χ3v) is 11.8. The number of unbranched alkanes of at least 4 members (excludes halogenated alkanes) is 19. The highest BCUT2D eigenvalue weighted by Crippen LogP contribution is 2.22. The third-order valence-electron chi connectivity index (χ3n) is 11.8. The van der Waals surface area contributed by atoms with Crippen molar-refractivity contribution < 1.29 is 24.5 Å². The standard InChI is InChI=1S/C48H97NO5/c1-6-10-14-24-34-44(32-12-8-3)42-53-47(51)38-28-22-18-16-20-26-36-46(49(5)40-30-31-41-50)37-27-21-17-19-23-29-39-48(52)54-43-45(33-13-9-4)35-25-15-11-7-2/h44-47,50-51H,6-43H2,1-5H3. The predicted molar refractivity (Wildman–Crippen MR) is 233 cm³/mol. The van der Waals surface area contributed by atoms with Gasteiger partial charge in [0.15, 0.2) is 6.29 Å². The molecule has 0 aliphatic heterocycles. The minimum atomic E-state index is -0.599. The first kappa shape index (κ1) is 53.3. The summed E-state index contributed by atoms with van der Waals surface area (Å²) in [6.45, 7) is 11.7. The van der Waals surface area contributed by atoms with Crippen molar-refractivity contribution in [3.63, 3.8) is 0 Å². The number of aliphatic hydroxyl groups excluding tert-OH is 2. The first-order valence-corrected chi connectivity index (χ1v) is 24.2. The van der Waals surface area contributed by atoms with Gasteiger partial charge in [0.25, 0.3) is 0 Å². The molecule has 0 aromatic carbocycles. The van der Waals surface area contributed by atoms with Gasteiger partial charge in [-0.1, -0.05) is 169 Å². The molecular formula is C48H97NO5. The molecule has 54 heavy (non-hydrogen) atoms. The first-order chi connectivity index (χ1) is 26.4. The third kappa shape index (κ3) is 35.7. The van der Waals surface area contributed by atoms with Gasteiger partial charge in [0, 0.05) is 19.1 Å². The lowest BCUT2D eigenvalue weighted by Gasteiger charge is -2.28. The zero-order chi connectivity index (χ0) is 39.7. The zero-order valence-electron chi connectivity index (χ0n) is 37.2. The molecule has 0 aliphatic rings. The molecule has 0 fully saturated rings. The summed E-state index contributed by atoms with van der Waals surface area (Å²) in [5, 5.41) is 19.7. The van der Waals surface area contributed by atoms with Crippen molar-refractivity contribution in [1.82, 2.24) is 4.90 Å². The highest BCUT2D eigenvalue weighted by atomic mass is 16.6. The van der Waals surface area contributed by atoms with E-state index >= 15 is 0 Å². The van der Waals surface area contributed by atoms with E-state index in [4.69, 9.17) is 9.47 Å². The Morgan fingerprint density at radius 2 is 0.926 bits per heavy atom. The van der Waals surface area contributed by atoms with Gasteiger partial charge in [-0.2, -0.15) is 0 Å². The number of aliphatic hydroxyl groups is 2. The molecule has 0 radical (unpaired) electrons. The molecule has 0 aromatic rings. The summed E-state index contributed by atoms with van der Waals surface area (Å²) in [5.41, 5.74) is 0. The van der Waals surface area contributed by atoms with Crippen molar-refractivity contribution in [3.05, 3.63) is 0 Å². The summed E-state index contributed by atoms with van der Waals surface area (Å²) >= 11 is 0. The minimum Gasteiger partial charge on any atom is -0.465 e. The fourth-order valence-corrected chi connectivity index (χ4v) is 7.94. The van der Waals surface area contributed by atoms with Gasteiger partial charge >= 0.3 is 5.97 Å². The van der Waals surface area contributed by atoms with E-state index in [9.17, 15) is 15.0 Å². The summed E-state index contributed by atoms with van der Waals surface area (Å²) in [7, 11) is 2.28. The van der Waals surface area contributed by atoms with Gasteiger partial charge in [-0.3, -0.25) is 4.79 Å². The second kappa shape index (κ2) is 41.9. The average molecular weight is 768 g/mol. The zero-order valence-corrected chi connectivity index (χ0v) is 37.2. The van der Waals surface area contributed by atoms with E-state index in [1.807, 2.05) is 0 Å². The van der Waals surface area contributed by atoms with Gasteiger partial charge in [-0.05, 0) is 96.1 Å². The largest absolute Gasteiger partial charge is 0.465 e. The lowest BCUT2D eigenvalue weighted by Crippen LogP contribution is -2.32. The van der Waals surface area contributed by atoms with Crippen LogP contribution in [0.1, 0.15) is 246 Å². The lowest BCUT2D eigenvalue weighted by molar-refractivity contribution is -0.145. The Morgan fingerprint density at radius 3 is 1.44 bits per heavy atom. The number of hydrogen-bond acceptors (Lipinski definition) is 6. The molecule has 4 atom stereocenters. The van der Waals surface area contributed by atoms with Gasteiger partial charge in [-0.15, -0.1) is 0 Å². The Bertz CT molecular complexity index is 751. The van der Waals surface area contributed by atoms with Gasteiger partial charge in [0.1, 0.15) is 0 Å². The first-order valence-electron chi connectivity index (χ1n) is 24.2. The molecule has 0 saturated heterocycles. The summed E-state index contributed by atoms with van der Waals surface area (Å²) in [6.07, 6.45) is 39.9. The maximum Gasteiger partial charge on any atom is 0.305 e. The van der Waals surface area contributed by atoms with Crippen LogP contribution < -0.4 is 0 Å². The summed E-state index contributed by atoms with van der Waals surface area (Å²) < 4.78 is 11.6. The normalized spacial score (nSPS) is 14.1. The summed E-state index contributed by atoms with van der Waals surface area (Å²) in [4.78, 5) is 15.0. The molecule has 0 aromatic heterocycles. The van der Waals surface area contributed by atoms with Crippen molar-refractivity contribution in [2.45, 2.75) is 258 Å². The molecule has 6 nitrogen and oxygen atoms in total. The van der Waals surface area contributed by atoms with Crippen LogP contribution in [0.3, 0.4) is 0 Å². The van der Waals surface area contributed by atoms with Crippen molar-refractivity contribution in [3.8, 4) is 0 Å². The van der Waals surface area contributed by atoms with E-state index in [1.54, 1.807) is 0 Å². The molecule has 2 N–H and O–H groups in total. The van der Waals surface area contributed by atoms with Crippen LogP contribution >= 0.6 is 0 Å². The summed E-state index contributed by atoms with van der Waals surface area (Å²) in [5.74, 6) is 1.16. The van der Waals surface area contributed by atoms with Crippen LogP contribution in [-0.4, -0.2) is 66.8 Å². The predicted octanol–water partition coefficient (Wildman–Crippen LogP) is 13.7. The molecule has 0 rings (SSSR count). The van der Waals surface area contributed by atoms with Crippen molar-refractivity contribution in [1.29, 1.82) is 0 Å². The van der Waals surface area contributed by atoms with Crippen LogP contribution in [0.15, 0.2) is 0 Å². The van der Waals surface area contributed by atoms with E-state index in [0.29, 0.717) is 30.9 Å². The molecule has 324 valence electrons. The number of esters is 1. The maximum atomic E-state index is 12.4. The summed E-state index contributed by atoms with van der Waals surface area (Å²) in [6, 6.07) is 0.631. The van der Waals surface area contributed by atoms with Gasteiger partial charge in [0.2, 0.25) is 0 Å². The maximum absolute atomic E-state index is 12.4. The van der Waals surface area contributed by atoms with E-state index in [1.165, 1.54) is 173 Å². The minimum absolute atomic E-state index is 0.00963. The monoisotopic (exact) mass is 768 g/mol. The Kier molecular flexibility index (Phi) is 41.4. The molecule has 0 spiro atoms. The second-order valence-electron chi connectivity index (χ2n) is 17.1. The fourth-order valence-electron chi connectivity index (χ4n) is 7.94. The smallest absolute Gasteiger partial charge is 0.305 e. The van der Waals surface area contributed by atoms with Gasteiger partial charge in [-0.25, -0.2) is 0 Å². The second-order valence-corrected chi connectivity index (χ2v) is 17.1. The Hall–Kier alpha value is -0.690. The number of ether oxygens (including phenoxy) is 2. The van der Waals surface area contributed by atoms with E-state index in [2.05, 4.69) is 39.6 Å². The van der Waals surface area contributed by atoms with Crippen LogP contribution in [0.2, 0.25) is 0 Å². The molecule has 0 bridgehead atoms. The number of carbonyl (C=O) groups excluding carboxylic acids is 1. The number of carbonyl (C=O) groups is 1. The van der Waals surface area contributed by atoms with E-state index in [-0.39, 0.29) is 12.6 Å². The quantitative estimate of drug-likeness (QED) is 0.0365. The number of nitrogens with zero attached hydrogens (tertiary/aromatic N) is 1. The van der Waals surface area contributed by atoms with E-state index < -0.39 is 6.29 Å². The number of hydrogen-bond donors (Lipinski definition) is 2. The molecule has 0 saturated carbocycles. The van der Waals surface area contributed by atoms with E-state index in [0.717, 1.165) is 51.7 Å². The van der Waals surface area contributed by atoms with Crippen LogP contribution in [-0.2, 0) is 14.3 Å². The van der Waals surface area contributed by atoms with Crippen LogP contribution in [0.5, 0.6) is 0 Å². The van der Waals surface area contributed by atoms with Crippen LogP contribution in [0.4, 0.5) is 0 Å². The Balaban J connectivity index is 4.19. The van der Waals surface area contributed by atoms with Crippen molar-refractivity contribution in [2.24, 2.45) is 11.8 Å². The van der Waals surface area contributed by atoms with Crippen LogP contribution in [0, 0.1) is 11.8 Å². The average Bonchev–Trinajstić information content (AvgIpc) is 3.17. The highest BCUT2D eigenvalue weighted by Gasteiger charge is 2.16. The number of rotatable bonds is 44. The van der Waals surface area contributed by atoms with Crippen molar-refractivity contribution in [2.75, 3.05) is 33.4 Å². The molecule has 0 heterocycles. The van der Waals surface area contributed by atoms with Gasteiger partial charge < -0.3 is 24.6 Å². The van der Waals surface area contributed by atoms with Crippen LogP contribution in [0.25, 0.3) is 0 Å². The molecule has 4 unspecified atom stereocenters. The highest BCUT2D eigenvalue weighted by molar-refractivity contribution is 5.69. The lowest BCUT2D eigenvalue weighted by atomic mass is 9.96. The van der Waals surface area contributed by atoms with Gasteiger partial charge in [0.05, 0.1) is 13.2 Å². The molecule has 0 aliphatic carbocycles. The topological polar surface area (TPSA) is 79.2 Å². The molecule has 6 heteroatoms. The SMILES string of the molecule is CCCCCCC(CCCC)COC(=O)CCCCCCCCC(CCCCCCCCC(O)OCC(CCCC)CCCCCC)N(C)CCCCO. The Morgan fingerprint density at radius 1 is 0.500 bits per heavy atom. The Labute approximate surface area is 338 Å². The molecular weight excluding hydrogens is 671 g/mol. The van der Waals surface area contributed by atoms with Crippen molar-refractivity contribution >= 4 is 5.97 Å². The fraction of sp³-hybridized carbons (Fsp3) is 0.979. The molecule has 0 amide bonds.